The Morgan fingerprint density at radius 3 is 1.79 bits per heavy atom. The Labute approximate surface area is 174 Å². The topological polar surface area (TPSA) is 52.6 Å². The molecule has 28 heavy (non-hydrogen) atoms. The van der Waals surface area contributed by atoms with E-state index in [1.54, 1.807) is 0 Å². The fourth-order valence-corrected chi connectivity index (χ4v) is 3.02. The molecular weight excluding hydrogens is 352 g/mol. The van der Waals surface area contributed by atoms with Gasteiger partial charge in [0.05, 0.1) is 17.4 Å². The Morgan fingerprint density at radius 2 is 1.43 bits per heavy atom. The van der Waals surface area contributed by atoms with Crippen LogP contribution in [0.15, 0.2) is 0 Å². The van der Waals surface area contributed by atoms with Crippen LogP contribution in [0.2, 0.25) is 0 Å². The maximum Gasteiger partial charge on any atom is 0.311 e. The van der Waals surface area contributed by atoms with Gasteiger partial charge in [0.1, 0.15) is 6.10 Å². The molecule has 1 fully saturated rings. The van der Waals surface area contributed by atoms with Crippen molar-refractivity contribution in [1.82, 2.24) is 0 Å². The first kappa shape index (κ1) is 26.9. The van der Waals surface area contributed by atoms with Crippen molar-refractivity contribution in [2.24, 2.45) is 22.7 Å². The van der Waals surface area contributed by atoms with Crippen LogP contribution in [0.25, 0.3) is 0 Å². The van der Waals surface area contributed by atoms with Crippen LogP contribution in [0, 0.1) is 22.7 Å². The van der Waals surface area contributed by atoms with Gasteiger partial charge in [0.15, 0.2) is 0 Å². The largest absolute Gasteiger partial charge is 0.463 e. The van der Waals surface area contributed by atoms with E-state index in [-0.39, 0.29) is 35.5 Å². The highest BCUT2D eigenvalue weighted by atomic mass is 16.5. The predicted octanol–water partition coefficient (Wildman–Crippen LogP) is 6.55. The minimum Gasteiger partial charge on any atom is -0.463 e. The summed E-state index contributed by atoms with van der Waals surface area (Å²) in [6, 6.07) is 0. The molecule has 0 aliphatic heterocycles. The van der Waals surface area contributed by atoms with E-state index in [1.165, 1.54) is 12.8 Å². The normalized spacial score (nSPS) is 21.4. The van der Waals surface area contributed by atoms with E-state index < -0.39 is 0 Å². The second-order valence-corrected chi connectivity index (χ2v) is 10.3. The van der Waals surface area contributed by atoms with Crippen molar-refractivity contribution < 1.29 is 19.1 Å². The maximum atomic E-state index is 12.0. The molecule has 0 bridgehead atoms. The van der Waals surface area contributed by atoms with Crippen LogP contribution in [-0.2, 0) is 19.1 Å². The molecule has 0 heterocycles. The molecule has 0 spiro atoms. The summed E-state index contributed by atoms with van der Waals surface area (Å²) in [5, 5.41) is 0. The summed E-state index contributed by atoms with van der Waals surface area (Å²) in [7, 11) is 0. The van der Waals surface area contributed by atoms with Crippen molar-refractivity contribution in [2.75, 3.05) is 0 Å². The molecule has 1 unspecified atom stereocenters. The molecule has 1 saturated carbocycles. The molecule has 166 valence electrons. The molecule has 0 saturated heterocycles. The van der Waals surface area contributed by atoms with Gasteiger partial charge in [-0.1, -0.05) is 41.5 Å². The first-order valence-corrected chi connectivity index (χ1v) is 11.2. The van der Waals surface area contributed by atoms with Gasteiger partial charge in [-0.15, -0.1) is 0 Å². The molecule has 0 N–H and O–H groups in total. The summed E-state index contributed by atoms with van der Waals surface area (Å²) in [6.45, 7) is 20.5. The molecule has 0 aromatic heterocycles. The predicted molar refractivity (Wildman–Crippen MR) is 116 cm³/mol. The van der Waals surface area contributed by atoms with E-state index in [0.717, 1.165) is 31.6 Å². The number of ether oxygens (including phenoxy) is 2. The van der Waals surface area contributed by atoms with E-state index in [0.29, 0.717) is 5.41 Å². The molecule has 1 aliphatic rings. The second-order valence-electron chi connectivity index (χ2n) is 10.3. The SMILES string of the molecule is CCC(C)(C)C(=O)OC1CCC(C(C)(C)C)CC1.CCC(C)C(=O)OC(C)C. The molecule has 0 aromatic rings. The van der Waals surface area contributed by atoms with Crippen LogP contribution in [0.3, 0.4) is 0 Å². The summed E-state index contributed by atoms with van der Waals surface area (Å²) in [4.78, 5) is 23.0. The van der Waals surface area contributed by atoms with Gasteiger partial charge < -0.3 is 9.47 Å². The average molecular weight is 399 g/mol. The maximum absolute atomic E-state index is 12.0. The van der Waals surface area contributed by atoms with Gasteiger partial charge in [-0.05, 0) is 77.6 Å². The molecule has 4 nitrogen and oxygen atoms in total. The fraction of sp³-hybridized carbons (Fsp3) is 0.917. The number of carbonyl (C=O) groups excluding carboxylic acids is 2. The molecule has 0 aromatic carbocycles. The van der Waals surface area contributed by atoms with Crippen molar-refractivity contribution in [2.45, 2.75) is 120 Å². The highest BCUT2D eigenvalue weighted by molar-refractivity contribution is 5.76. The van der Waals surface area contributed by atoms with E-state index in [2.05, 4.69) is 20.8 Å². The van der Waals surface area contributed by atoms with E-state index >= 15 is 0 Å². The minimum atomic E-state index is -0.332. The third kappa shape index (κ3) is 9.93. The quantitative estimate of drug-likeness (QED) is 0.476. The van der Waals surface area contributed by atoms with Crippen molar-refractivity contribution in [3.05, 3.63) is 0 Å². The molecule has 0 amide bonds. The van der Waals surface area contributed by atoms with Crippen LogP contribution < -0.4 is 0 Å². The van der Waals surface area contributed by atoms with E-state index in [4.69, 9.17) is 9.47 Å². The summed E-state index contributed by atoms with van der Waals surface area (Å²) in [5.41, 5.74) is 0.0541. The summed E-state index contributed by atoms with van der Waals surface area (Å²) >= 11 is 0. The van der Waals surface area contributed by atoms with E-state index in [1.807, 2.05) is 48.5 Å². The molecule has 0 radical (unpaired) electrons. The Hall–Kier alpha value is -1.06. The minimum absolute atomic E-state index is 0.0153. The lowest BCUT2D eigenvalue weighted by Gasteiger charge is -2.37. The number of hydrogen-bond acceptors (Lipinski definition) is 4. The zero-order valence-corrected chi connectivity index (χ0v) is 20.2. The average Bonchev–Trinajstić information content (AvgIpc) is 2.60. The third-order valence-electron chi connectivity index (χ3n) is 5.98. The van der Waals surface area contributed by atoms with Gasteiger partial charge in [-0.3, -0.25) is 9.59 Å². The van der Waals surface area contributed by atoms with E-state index in [9.17, 15) is 9.59 Å². The fourth-order valence-electron chi connectivity index (χ4n) is 3.02. The molecule has 1 rings (SSSR count). The van der Waals surface area contributed by atoms with Crippen molar-refractivity contribution in [3.8, 4) is 0 Å². The zero-order valence-electron chi connectivity index (χ0n) is 20.2. The number of esters is 2. The van der Waals surface area contributed by atoms with Gasteiger partial charge in [-0.2, -0.15) is 0 Å². The summed E-state index contributed by atoms with van der Waals surface area (Å²) in [6.07, 6.45) is 6.31. The first-order chi connectivity index (χ1) is 12.7. The standard InChI is InChI=1S/C16H30O2.C8H16O2/c1-7-16(5,6)14(17)18-13-10-8-12(9-11-13)15(2,3)4;1-5-7(4)8(9)10-6(2)3/h12-13H,7-11H2,1-6H3;6-7H,5H2,1-4H3. The van der Waals surface area contributed by atoms with Gasteiger partial charge in [0.25, 0.3) is 0 Å². The molecular formula is C24H46O4. The number of hydrogen-bond donors (Lipinski definition) is 0. The number of rotatable bonds is 6. The van der Waals surface area contributed by atoms with Crippen LogP contribution in [0.5, 0.6) is 0 Å². The molecule has 4 heteroatoms. The zero-order chi connectivity index (χ0) is 22.1. The Bertz CT molecular complexity index is 465. The molecule has 1 atom stereocenters. The van der Waals surface area contributed by atoms with Gasteiger partial charge in [0, 0.05) is 0 Å². The van der Waals surface area contributed by atoms with Crippen molar-refractivity contribution in [1.29, 1.82) is 0 Å². The van der Waals surface area contributed by atoms with Crippen molar-refractivity contribution >= 4 is 11.9 Å². The van der Waals surface area contributed by atoms with Gasteiger partial charge >= 0.3 is 11.9 Å². The van der Waals surface area contributed by atoms with Gasteiger partial charge in [0.2, 0.25) is 0 Å². The first-order valence-electron chi connectivity index (χ1n) is 11.2. The lowest BCUT2D eigenvalue weighted by atomic mass is 9.72. The monoisotopic (exact) mass is 398 g/mol. The highest BCUT2D eigenvalue weighted by Gasteiger charge is 2.34. The lowest BCUT2D eigenvalue weighted by Crippen LogP contribution is -2.34. The second kappa shape index (κ2) is 11.8. The Kier molecular flexibility index (Phi) is 11.4. The van der Waals surface area contributed by atoms with Crippen LogP contribution >= 0.6 is 0 Å². The smallest absolute Gasteiger partial charge is 0.311 e. The van der Waals surface area contributed by atoms with Gasteiger partial charge in [-0.25, -0.2) is 0 Å². The lowest BCUT2D eigenvalue weighted by molar-refractivity contribution is -0.162. The number of carbonyl (C=O) groups is 2. The van der Waals surface area contributed by atoms with Crippen LogP contribution in [-0.4, -0.2) is 24.1 Å². The van der Waals surface area contributed by atoms with Crippen LogP contribution in [0.4, 0.5) is 0 Å². The highest BCUT2D eigenvalue weighted by Crippen LogP contribution is 2.39. The van der Waals surface area contributed by atoms with Crippen LogP contribution in [0.1, 0.15) is 108 Å². The molecule has 1 aliphatic carbocycles. The third-order valence-corrected chi connectivity index (χ3v) is 5.98. The Balaban J connectivity index is 0.000000621. The summed E-state index contributed by atoms with van der Waals surface area (Å²) < 4.78 is 10.6. The Morgan fingerprint density at radius 1 is 0.929 bits per heavy atom. The van der Waals surface area contributed by atoms with Crippen molar-refractivity contribution in [3.63, 3.8) is 0 Å². The summed E-state index contributed by atoms with van der Waals surface area (Å²) in [5.74, 6) is 0.704.